The summed E-state index contributed by atoms with van der Waals surface area (Å²) in [6.45, 7) is 4.67. The van der Waals surface area contributed by atoms with Gasteiger partial charge in [-0.2, -0.15) is 5.26 Å². The SMILES string of the molecule is CCOC(=O)[C@H]1CCC[NH+](CCC(=O)Nc2sc3c(c2C#N)CCCC3)C1. The number of ether oxygens (including phenoxy) is 1. The fourth-order valence-electron chi connectivity index (χ4n) is 4.09. The lowest BCUT2D eigenvalue weighted by molar-refractivity contribution is -0.906. The molecule has 0 aromatic carbocycles. The summed E-state index contributed by atoms with van der Waals surface area (Å²) in [4.78, 5) is 26.9. The summed E-state index contributed by atoms with van der Waals surface area (Å²) in [5.41, 5.74) is 1.80. The largest absolute Gasteiger partial charge is 0.466 e. The third-order valence-corrected chi connectivity index (χ3v) is 6.69. The van der Waals surface area contributed by atoms with Crippen LogP contribution in [-0.4, -0.2) is 38.1 Å². The lowest BCUT2D eigenvalue weighted by Gasteiger charge is -2.28. The number of amides is 1. The molecule has 1 fully saturated rings. The summed E-state index contributed by atoms with van der Waals surface area (Å²) < 4.78 is 5.14. The number of thiophene rings is 1. The highest BCUT2D eigenvalue weighted by molar-refractivity contribution is 7.16. The van der Waals surface area contributed by atoms with Crippen molar-refractivity contribution < 1.29 is 19.2 Å². The molecule has 0 radical (unpaired) electrons. The molecular weight excluding hydrogens is 362 g/mol. The molecule has 2 heterocycles. The molecule has 6 nitrogen and oxygen atoms in total. The van der Waals surface area contributed by atoms with Crippen molar-refractivity contribution in [2.75, 3.05) is 31.6 Å². The van der Waals surface area contributed by atoms with Gasteiger partial charge in [0.2, 0.25) is 5.91 Å². The zero-order valence-corrected chi connectivity index (χ0v) is 16.8. The van der Waals surface area contributed by atoms with Crippen molar-refractivity contribution >= 4 is 28.2 Å². The molecule has 0 bridgehead atoms. The van der Waals surface area contributed by atoms with Crippen LogP contribution < -0.4 is 10.2 Å². The molecular formula is C20H28N3O3S+. The van der Waals surface area contributed by atoms with Gasteiger partial charge in [-0.25, -0.2) is 0 Å². The minimum absolute atomic E-state index is 0.0455. The highest BCUT2D eigenvalue weighted by Crippen LogP contribution is 2.37. The number of rotatable bonds is 6. The molecule has 1 aliphatic heterocycles. The van der Waals surface area contributed by atoms with E-state index in [-0.39, 0.29) is 17.8 Å². The summed E-state index contributed by atoms with van der Waals surface area (Å²) >= 11 is 1.56. The Balaban J connectivity index is 1.52. The van der Waals surface area contributed by atoms with Crippen molar-refractivity contribution in [2.24, 2.45) is 5.92 Å². The van der Waals surface area contributed by atoms with Gasteiger partial charge in [-0.1, -0.05) is 0 Å². The van der Waals surface area contributed by atoms with E-state index in [0.717, 1.165) is 57.2 Å². The molecule has 1 amide bonds. The highest BCUT2D eigenvalue weighted by Gasteiger charge is 2.30. The number of anilines is 1. The monoisotopic (exact) mass is 390 g/mol. The van der Waals surface area contributed by atoms with Gasteiger partial charge in [-0.3, -0.25) is 9.59 Å². The lowest BCUT2D eigenvalue weighted by atomic mass is 9.96. The van der Waals surface area contributed by atoms with E-state index in [9.17, 15) is 14.9 Å². The van der Waals surface area contributed by atoms with Gasteiger partial charge >= 0.3 is 5.97 Å². The average molecular weight is 391 g/mol. The first-order chi connectivity index (χ1) is 13.1. The molecule has 1 aromatic rings. The Morgan fingerprint density at radius 3 is 2.93 bits per heavy atom. The normalized spacial score (nSPS) is 21.8. The van der Waals surface area contributed by atoms with Gasteiger partial charge in [0, 0.05) is 4.88 Å². The number of esters is 1. The van der Waals surface area contributed by atoms with E-state index in [4.69, 9.17) is 4.74 Å². The first-order valence-electron chi connectivity index (χ1n) is 9.97. The van der Waals surface area contributed by atoms with Crippen molar-refractivity contribution in [3.05, 3.63) is 16.0 Å². The molecule has 2 atom stereocenters. The number of nitrogens with zero attached hydrogens (tertiary/aromatic N) is 1. The van der Waals surface area contributed by atoms with Crippen LogP contribution in [0.15, 0.2) is 0 Å². The maximum absolute atomic E-state index is 12.4. The van der Waals surface area contributed by atoms with E-state index in [1.165, 1.54) is 9.78 Å². The molecule has 2 aliphatic rings. The van der Waals surface area contributed by atoms with Gasteiger partial charge < -0.3 is 15.0 Å². The second kappa shape index (κ2) is 9.34. The molecule has 0 spiro atoms. The first kappa shape index (κ1) is 19.8. The van der Waals surface area contributed by atoms with Crippen LogP contribution in [0, 0.1) is 17.2 Å². The smallest absolute Gasteiger partial charge is 0.314 e. The number of fused-ring (bicyclic) bond motifs is 1. The van der Waals surface area contributed by atoms with Crippen LogP contribution in [0.1, 0.15) is 55.0 Å². The number of carbonyl (C=O) groups is 2. The van der Waals surface area contributed by atoms with Gasteiger partial charge in [0.15, 0.2) is 0 Å². The standard InChI is InChI=1S/C20H27N3O3S/c1-2-26-20(25)14-6-5-10-23(13-14)11-9-18(24)22-19-16(12-21)15-7-3-4-8-17(15)27-19/h14H,2-11,13H2,1H3,(H,22,24)/p+1/t14-/m0/s1. The number of aryl methyl sites for hydroxylation is 1. The number of hydrogen-bond donors (Lipinski definition) is 2. The molecule has 1 aromatic heterocycles. The van der Waals surface area contributed by atoms with Crippen LogP contribution in [0.2, 0.25) is 0 Å². The second-order valence-corrected chi connectivity index (χ2v) is 8.48. The minimum Gasteiger partial charge on any atom is -0.466 e. The van der Waals surface area contributed by atoms with Crippen molar-refractivity contribution in [3.8, 4) is 6.07 Å². The van der Waals surface area contributed by atoms with Gasteiger partial charge in [0.25, 0.3) is 0 Å². The van der Waals surface area contributed by atoms with Gasteiger partial charge in [0.1, 0.15) is 17.0 Å². The molecule has 146 valence electrons. The van der Waals surface area contributed by atoms with Gasteiger partial charge in [0.05, 0.1) is 38.2 Å². The lowest BCUT2D eigenvalue weighted by Crippen LogP contribution is -3.13. The fraction of sp³-hybridized carbons (Fsp3) is 0.650. The number of carbonyl (C=O) groups excluding carboxylic acids is 2. The van der Waals surface area contributed by atoms with Gasteiger partial charge in [-0.05, 0) is 51.0 Å². The predicted molar refractivity (Wildman–Crippen MR) is 104 cm³/mol. The topological polar surface area (TPSA) is 83.6 Å². The van der Waals surface area contributed by atoms with E-state index in [0.29, 0.717) is 30.1 Å². The van der Waals surface area contributed by atoms with E-state index >= 15 is 0 Å². The summed E-state index contributed by atoms with van der Waals surface area (Å²) in [7, 11) is 0. The molecule has 1 aliphatic carbocycles. The van der Waals surface area contributed by atoms with Crippen LogP contribution in [0.25, 0.3) is 0 Å². The molecule has 27 heavy (non-hydrogen) atoms. The average Bonchev–Trinajstić information content (AvgIpc) is 3.03. The molecule has 3 rings (SSSR count). The Morgan fingerprint density at radius 1 is 1.33 bits per heavy atom. The predicted octanol–water partition coefficient (Wildman–Crippen LogP) is 1.69. The van der Waals surface area contributed by atoms with Crippen LogP contribution in [0.3, 0.4) is 0 Å². The van der Waals surface area contributed by atoms with Crippen molar-refractivity contribution in [1.29, 1.82) is 5.26 Å². The number of nitrogens with one attached hydrogen (secondary N) is 2. The quantitative estimate of drug-likeness (QED) is 0.724. The van der Waals surface area contributed by atoms with Crippen LogP contribution in [0.5, 0.6) is 0 Å². The Hall–Kier alpha value is -1.91. The fourth-order valence-corrected chi connectivity index (χ4v) is 5.35. The van der Waals surface area contributed by atoms with Crippen molar-refractivity contribution in [1.82, 2.24) is 0 Å². The highest BCUT2D eigenvalue weighted by atomic mass is 32.1. The molecule has 0 saturated carbocycles. The summed E-state index contributed by atoms with van der Waals surface area (Å²) in [6, 6.07) is 2.28. The van der Waals surface area contributed by atoms with Gasteiger partial charge in [-0.15, -0.1) is 11.3 Å². The number of piperidine rings is 1. The van der Waals surface area contributed by atoms with E-state index < -0.39 is 0 Å². The molecule has 7 heteroatoms. The number of likely N-dealkylation sites (tertiary alicyclic amines) is 1. The zero-order valence-electron chi connectivity index (χ0n) is 15.9. The maximum Gasteiger partial charge on any atom is 0.314 e. The molecule has 2 N–H and O–H groups in total. The van der Waals surface area contributed by atoms with Crippen molar-refractivity contribution in [2.45, 2.75) is 51.9 Å². The van der Waals surface area contributed by atoms with Crippen LogP contribution in [-0.2, 0) is 27.2 Å². The maximum atomic E-state index is 12.4. The van der Waals surface area contributed by atoms with E-state index in [2.05, 4.69) is 11.4 Å². The summed E-state index contributed by atoms with van der Waals surface area (Å²) in [5.74, 6) is -0.205. The van der Waals surface area contributed by atoms with E-state index in [1.54, 1.807) is 11.3 Å². The van der Waals surface area contributed by atoms with Crippen molar-refractivity contribution in [3.63, 3.8) is 0 Å². The number of nitriles is 1. The third-order valence-electron chi connectivity index (χ3n) is 5.48. The minimum atomic E-state index is -0.109. The first-order valence-corrected chi connectivity index (χ1v) is 10.8. The van der Waals surface area contributed by atoms with E-state index in [1.807, 2.05) is 6.92 Å². The Bertz CT molecular complexity index is 738. The molecule has 1 saturated heterocycles. The number of hydrogen-bond acceptors (Lipinski definition) is 5. The van der Waals surface area contributed by atoms with Crippen LogP contribution in [0.4, 0.5) is 5.00 Å². The summed E-state index contributed by atoms with van der Waals surface area (Å²) in [5, 5.41) is 13.2. The zero-order chi connectivity index (χ0) is 19.2. The van der Waals surface area contributed by atoms with Crippen LogP contribution >= 0.6 is 11.3 Å². The second-order valence-electron chi connectivity index (χ2n) is 7.37. The molecule has 1 unspecified atom stereocenters. The Morgan fingerprint density at radius 2 is 2.15 bits per heavy atom. The Kier molecular flexibility index (Phi) is 6.86. The summed E-state index contributed by atoms with van der Waals surface area (Å²) in [6.07, 6.45) is 6.49. The number of quaternary nitrogens is 1. The Labute approximate surface area is 164 Å². The third kappa shape index (κ3) is 4.88.